The van der Waals surface area contributed by atoms with Crippen LogP contribution in [0.3, 0.4) is 0 Å². The molecule has 0 fully saturated rings. The Balaban J connectivity index is 1.89. The van der Waals surface area contributed by atoms with Crippen LogP contribution in [0.2, 0.25) is 0 Å². The molecule has 2 rings (SSSR count). The van der Waals surface area contributed by atoms with Crippen molar-refractivity contribution in [3.8, 4) is 5.75 Å². The molecule has 23 heavy (non-hydrogen) atoms. The van der Waals surface area contributed by atoms with Crippen molar-refractivity contribution in [3.63, 3.8) is 0 Å². The molecule has 0 saturated carbocycles. The quantitative estimate of drug-likeness (QED) is 0.672. The Morgan fingerprint density at radius 3 is 2.35 bits per heavy atom. The average molecular weight is 327 g/mol. The Labute approximate surface area is 129 Å². The van der Waals surface area contributed by atoms with Crippen molar-refractivity contribution >= 4 is 5.91 Å². The number of carbonyl (C=O) groups excluding carboxylic acids is 1. The lowest BCUT2D eigenvalue weighted by molar-refractivity contribution is -0.137. The van der Waals surface area contributed by atoms with Crippen LogP contribution in [0.5, 0.6) is 5.75 Å². The van der Waals surface area contributed by atoms with Crippen LogP contribution in [0.1, 0.15) is 15.9 Å². The molecule has 0 unspecified atom stereocenters. The molecule has 1 amide bonds. The number of alkyl halides is 3. The number of carbonyl (C=O) groups is 1. The number of nitrogens with one attached hydrogen (secondary N) is 1. The van der Waals surface area contributed by atoms with Gasteiger partial charge in [0.2, 0.25) is 0 Å². The van der Waals surface area contributed by atoms with Crippen LogP contribution >= 0.6 is 0 Å². The van der Waals surface area contributed by atoms with Crippen LogP contribution in [-0.2, 0) is 6.18 Å². The van der Waals surface area contributed by atoms with Gasteiger partial charge in [0.1, 0.15) is 18.2 Å². The number of rotatable bonds is 5. The smallest absolute Gasteiger partial charge is 0.417 e. The molecule has 0 aliphatic rings. The Morgan fingerprint density at radius 2 is 1.70 bits per heavy atom. The molecule has 0 saturated heterocycles. The molecule has 0 heterocycles. The summed E-state index contributed by atoms with van der Waals surface area (Å²) in [7, 11) is 0. The Kier molecular flexibility index (Phi) is 5.20. The second-order valence-corrected chi connectivity index (χ2v) is 4.60. The highest BCUT2D eigenvalue weighted by atomic mass is 19.4. The summed E-state index contributed by atoms with van der Waals surface area (Å²) < 4.78 is 56.4. The van der Waals surface area contributed by atoms with E-state index in [2.05, 4.69) is 5.32 Å². The number of benzene rings is 2. The first-order chi connectivity index (χ1) is 10.9. The average Bonchev–Trinajstić information content (AvgIpc) is 2.52. The molecular formula is C16H13F4NO2. The summed E-state index contributed by atoms with van der Waals surface area (Å²) in [6.45, 7) is 0.0635. The highest BCUT2D eigenvalue weighted by Crippen LogP contribution is 2.31. The largest absolute Gasteiger partial charge is 0.492 e. The van der Waals surface area contributed by atoms with E-state index < -0.39 is 29.0 Å². The van der Waals surface area contributed by atoms with E-state index in [1.54, 1.807) is 0 Å². The summed E-state index contributed by atoms with van der Waals surface area (Å²) >= 11 is 0. The molecule has 0 bridgehead atoms. The fourth-order valence-corrected chi connectivity index (χ4v) is 1.89. The van der Waals surface area contributed by atoms with Gasteiger partial charge in [-0.25, -0.2) is 4.39 Å². The van der Waals surface area contributed by atoms with Gasteiger partial charge in [-0.15, -0.1) is 0 Å². The van der Waals surface area contributed by atoms with E-state index >= 15 is 0 Å². The van der Waals surface area contributed by atoms with Crippen LogP contribution in [0.15, 0.2) is 48.5 Å². The second kappa shape index (κ2) is 7.13. The Bertz CT molecular complexity index is 669. The van der Waals surface area contributed by atoms with Gasteiger partial charge >= 0.3 is 6.18 Å². The van der Waals surface area contributed by atoms with Gasteiger partial charge < -0.3 is 10.1 Å². The molecule has 0 aliphatic heterocycles. The van der Waals surface area contributed by atoms with E-state index in [9.17, 15) is 22.4 Å². The lowest BCUT2D eigenvalue weighted by atomic mass is 10.1. The monoisotopic (exact) mass is 327 g/mol. The minimum atomic E-state index is -4.60. The summed E-state index contributed by atoms with van der Waals surface area (Å²) in [5.41, 5.74) is -1.43. The van der Waals surface area contributed by atoms with Gasteiger partial charge in [-0.1, -0.05) is 12.1 Å². The minimum absolute atomic E-state index is 0.0163. The molecule has 2 aromatic carbocycles. The van der Waals surface area contributed by atoms with Crippen molar-refractivity contribution < 1.29 is 27.1 Å². The first-order valence-electron chi connectivity index (χ1n) is 6.71. The molecule has 1 N–H and O–H groups in total. The first-order valence-corrected chi connectivity index (χ1v) is 6.71. The third kappa shape index (κ3) is 4.70. The fraction of sp³-hybridized carbons (Fsp3) is 0.188. The number of ether oxygens (including phenoxy) is 1. The molecule has 3 nitrogen and oxygen atoms in total. The van der Waals surface area contributed by atoms with Gasteiger partial charge in [0.05, 0.1) is 17.7 Å². The topological polar surface area (TPSA) is 38.3 Å². The van der Waals surface area contributed by atoms with Gasteiger partial charge in [-0.3, -0.25) is 4.79 Å². The maximum absolute atomic E-state index is 12.8. The van der Waals surface area contributed by atoms with Crippen molar-refractivity contribution in [2.24, 2.45) is 0 Å². The standard InChI is InChI=1S/C16H13F4NO2/c17-11-5-7-12(8-6-11)23-10-9-21-15(22)13-3-1-2-4-14(13)16(18,19)20/h1-8H,9-10H2,(H,21,22). The van der Waals surface area contributed by atoms with E-state index in [0.29, 0.717) is 5.75 Å². The SMILES string of the molecule is O=C(NCCOc1ccc(F)cc1)c1ccccc1C(F)(F)F. The summed E-state index contributed by atoms with van der Waals surface area (Å²) in [6.07, 6.45) is -4.60. The van der Waals surface area contributed by atoms with Crippen LogP contribution in [0.25, 0.3) is 0 Å². The van der Waals surface area contributed by atoms with Gasteiger partial charge in [0, 0.05) is 0 Å². The Hall–Kier alpha value is -2.57. The van der Waals surface area contributed by atoms with Crippen LogP contribution in [0, 0.1) is 5.82 Å². The molecule has 7 heteroatoms. The molecule has 0 atom stereocenters. The maximum atomic E-state index is 12.8. The zero-order chi connectivity index (χ0) is 16.9. The summed E-state index contributed by atoms with van der Waals surface area (Å²) in [5.74, 6) is -0.841. The van der Waals surface area contributed by atoms with Gasteiger partial charge in [0.15, 0.2) is 0 Å². The molecular weight excluding hydrogens is 314 g/mol. The van der Waals surface area contributed by atoms with E-state index in [1.807, 2.05) is 0 Å². The summed E-state index contributed by atoms with van der Waals surface area (Å²) in [6, 6.07) is 9.80. The highest BCUT2D eigenvalue weighted by molar-refractivity contribution is 5.95. The van der Waals surface area contributed by atoms with Crippen molar-refractivity contribution in [3.05, 3.63) is 65.5 Å². The van der Waals surface area contributed by atoms with Crippen LogP contribution < -0.4 is 10.1 Å². The van der Waals surface area contributed by atoms with Crippen molar-refractivity contribution in [2.45, 2.75) is 6.18 Å². The van der Waals surface area contributed by atoms with Gasteiger partial charge in [-0.2, -0.15) is 13.2 Å². The number of halogens is 4. The molecule has 2 aromatic rings. The second-order valence-electron chi connectivity index (χ2n) is 4.60. The van der Waals surface area contributed by atoms with E-state index in [1.165, 1.54) is 36.4 Å². The molecule has 0 aliphatic carbocycles. The van der Waals surface area contributed by atoms with E-state index in [-0.39, 0.29) is 13.2 Å². The van der Waals surface area contributed by atoms with Crippen molar-refractivity contribution in [2.75, 3.05) is 13.2 Å². The zero-order valence-corrected chi connectivity index (χ0v) is 11.9. The van der Waals surface area contributed by atoms with Gasteiger partial charge in [0.25, 0.3) is 5.91 Å². The van der Waals surface area contributed by atoms with Crippen molar-refractivity contribution in [1.29, 1.82) is 0 Å². The maximum Gasteiger partial charge on any atom is 0.417 e. The number of amides is 1. The summed E-state index contributed by atoms with van der Waals surface area (Å²) in [4.78, 5) is 11.9. The lowest BCUT2D eigenvalue weighted by Gasteiger charge is -2.13. The predicted octanol–water partition coefficient (Wildman–Crippen LogP) is 3.65. The zero-order valence-electron chi connectivity index (χ0n) is 11.9. The predicted molar refractivity (Wildman–Crippen MR) is 75.7 cm³/mol. The molecule has 122 valence electrons. The van der Waals surface area contributed by atoms with Gasteiger partial charge in [-0.05, 0) is 36.4 Å². The Morgan fingerprint density at radius 1 is 1.04 bits per heavy atom. The normalized spacial score (nSPS) is 11.1. The molecule has 0 aromatic heterocycles. The van der Waals surface area contributed by atoms with Crippen LogP contribution in [0.4, 0.5) is 17.6 Å². The van der Waals surface area contributed by atoms with E-state index in [0.717, 1.165) is 12.1 Å². The lowest BCUT2D eigenvalue weighted by Crippen LogP contribution is -2.30. The minimum Gasteiger partial charge on any atom is -0.492 e. The molecule has 0 radical (unpaired) electrons. The number of hydrogen-bond acceptors (Lipinski definition) is 2. The first kappa shape index (κ1) is 16.8. The highest BCUT2D eigenvalue weighted by Gasteiger charge is 2.34. The summed E-state index contributed by atoms with van der Waals surface area (Å²) in [5, 5.41) is 2.36. The fourth-order valence-electron chi connectivity index (χ4n) is 1.89. The molecule has 0 spiro atoms. The third-order valence-corrected chi connectivity index (χ3v) is 2.95. The number of hydrogen-bond donors (Lipinski definition) is 1. The van der Waals surface area contributed by atoms with E-state index in [4.69, 9.17) is 4.74 Å². The third-order valence-electron chi connectivity index (χ3n) is 2.95. The van der Waals surface area contributed by atoms with Crippen molar-refractivity contribution in [1.82, 2.24) is 5.32 Å². The van der Waals surface area contributed by atoms with Crippen LogP contribution in [-0.4, -0.2) is 19.1 Å².